The van der Waals surface area contributed by atoms with Crippen molar-refractivity contribution < 1.29 is 21.9 Å². The van der Waals surface area contributed by atoms with Crippen molar-refractivity contribution in [1.29, 1.82) is 0 Å². The van der Waals surface area contributed by atoms with Crippen LogP contribution in [0.25, 0.3) is 10.9 Å². The number of hydrogen-bond acceptors (Lipinski definition) is 4. The first-order chi connectivity index (χ1) is 14.6. The summed E-state index contributed by atoms with van der Waals surface area (Å²) in [6.07, 6.45) is 0. The Hall–Kier alpha value is -2.95. The van der Waals surface area contributed by atoms with E-state index in [-0.39, 0.29) is 12.4 Å². The van der Waals surface area contributed by atoms with Gasteiger partial charge in [-0.3, -0.25) is 4.98 Å². The Morgan fingerprint density at radius 3 is 2.39 bits per heavy atom. The maximum atomic E-state index is 6.19. The van der Waals surface area contributed by atoms with Crippen molar-refractivity contribution in [2.24, 2.45) is 0 Å². The minimum Gasteiger partial charge on any atom is -1.00 e. The van der Waals surface area contributed by atoms with Crippen LogP contribution in [0.3, 0.4) is 0 Å². The summed E-state index contributed by atoms with van der Waals surface area (Å²) in [6, 6.07) is 23.6. The molecule has 3 aromatic carbocycles. The highest BCUT2D eigenvalue weighted by Crippen LogP contribution is 2.30. The normalized spacial score (nSPS) is 10.4. The van der Waals surface area contributed by atoms with E-state index in [2.05, 4.69) is 10.3 Å². The van der Waals surface area contributed by atoms with Gasteiger partial charge in [-0.05, 0) is 68.4 Å². The lowest BCUT2D eigenvalue weighted by atomic mass is 10.1. The van der Waals surface area contributed by atoms with Gasteiger partial charge in [0.1, 0.15) is 18.1 Å². The van der Waals surface area contributed by atoms with E-state index in [4.69, 9.17) is 21.1 Å². The smallest absolute Gasteiger partial charge is 0.120 e. The number of ether oxygens (including phenoxy) is 2. The number of nitrogens with zero attached hydrogens (tertiary/aromatic N) is 1. The quantitative estimate of drug-likeness (QED) is 0.460. The van der Waals surface area contributed by atoms with Crippen LogP contribution < -0.4 is 27.2 Å². The minimum atomic E-state index is 0. The molecule has 0 saturated heterocycles. The van der Waals surface area contributed by atoms with Crippen molar-refractivity contribution in [3.63, 3.8) is 0 Å². The average molecular weight is 454 g/mol. The third-order valence-corrected chi connectivity index (χ3v) is 5.07. The van der Waals surface area contributed by atoms with Crippen LogP contribution >= 0.6 is 11.6 Å². The highest BCUT2D eigenvalue weighted by atomic mass is 35.5. The Labute approximate surface area is 193 Å². The molecule has 0 fully saturated rings. The molecule has 0 saturated carbocycles. The maximum absolute atomic E-state index is 6.19. The predicted molar refractivity (Wildman–Crippen MR) is 123 cm³/mol. The number of hydrogen-bond donors (Lipinski definition) is 1. The molecule has 160 valence electrons. The predicted octanol–water partition coefficient (Wildman–Crippen LogP) is 3.92. The van der Waals surface area contributed by atoms with Crippen molar-refractivity contribution in [3.8, 4) is 11.5 Å². The van der Waals surface area contributed by atoms with Gasteiger partial charge in [0.05, 0.1) is 12.1 Å². The van der Waals surface area contributed by atoms with Gasteiger partial charge in [-0.2, -0.15) is 0 Å². The standard InChI is InChI=1S/C25H23ClN2O2.ClH/c1-3-29-21-12-13-24-22(15-21)25(14-17(2)27-24)28-19-8-10-20(11-9-19)30-16-18-6-4-5-7-23(18)26;/h4-15H,3,16H2,1-2H3,(H,27,28);1H/p-1. The van der Waals surface area contributed by atoms with E-state index in [0.29, 0.717) is 18.2 Å². The molecular weight excluding hydrogens is 431 g/mol. The summed E-state index contributed by atoms with van der Waals surface area (Å²) < 4.78 is 11.5. The average Bonchev–Trinajstić information content (AvgIpc) is 2.75. The van der Waals surface area contributed by atoms with Crippen molar-refractivity contribution in [1.82, 2.24) is 4.98 Å². The number of aryl methyl sites for hydroxylation is 1. The van der Waals surface area contributed by atoms with E-state index < -0.39 is 0 Å². The first-order valence-electron chi connectivity index (χ1n) is 9.90. The van der Waals surface area contributed by atoms with Crippen molar-refractivity contribution in [2.75, 3.05) is 11.9 Å². The Kier molecular flexibility index (Phi) is 7.61. The minimum absolute atomic E-state index is 0. The van der Waals surface area contributed by atoms with Gasteiger partial charge >= 0.3 is 0 Å². The Morgan fingerprint density at radius 1 is 0.903 bits per heavy atom. The number of benzene rings is 3. The van der Waals surface area contributed by atoms with Crippen LogP contribution in [0, 0.1) is 6.92 Å². The molecule has 1 heterocycles. The number of rotatable bonds is 7. The molecule has 4 aromatic rings. The van der Waals surface area contributed by atoms with Gasteiger partial charge < -0.3 is 27.2 Å². The topological polar surface area (TPSA) is 43.4 Å². The molecule has 0 radical (unpaired) electrons. The highest BCUT2D eigenvalue weighted by molar-refractivity contribution is 6.31. The monoisotopic (exact) mass is 453 g/mol. The largest absolute Gasteiger partial charge is 1.00 e. The van der Waals surface area contributed by atoms with E-state index >= 15 is 0 Å². The second-order valence-electron chi connectivity index (χ2n) is 6.95. The van der Waals surface area contributed by atoms with Gasteiger partial charge in [-0.1, -0.05) is 29.8 Å². The van der Waals surface area contributed by atoms with Crippen LogP contribution in [0.5, 0.6) is 11.5 Å². The van der Waals surface area contributed by atoms with E-state index in [1.54, 1.807) is 0 Å². The molecule has 4 rings (SSSR count). The van der Waals surface area contributed by atoms with Crippen LogP contribution in [0.15, 0.2) is 72.8 Å². The molecule has 1 N–H and O–H groups in total. The zero-order valence-electron chi connectivity index (χ0n) is 17.4. The van der Waals surface area contributed by atoms with E-state index in [0.717, 1.165) is 45.0 Å². The summed E-state index contributed by atoms with van der Waals surface area (Å²) in [5, 5.41) is 5.22. The summed E-state index contributed by atoms with van der Waals surface area (Å²) in [4.78, 5) is 4.63. The second-order valence-corrected chi connectivity index (χ2v) is 7.36. The van der Waals surface area contributed by atoms with E-state index in [1.165, 1.54) is 0 Å². The molecule has 0 atom stereocenters. The zero-order chi connectivity index (χ0) is 20.9. The molecule has 0 aliphatic heterocycles. The maximum Gasteiger partial charge on any atom is 0.120 e. The summed E-state index contributed by atoms with van der Waals surface area (Å²) in [5.41, 5.74) is 4.80. The van der Waals surface area contributed by atoms with Gasteiger partial charge in [0.15, 0.2) is 0 Å². The summed E-state index contributed by atoms with van der Waals surface area (Å²) >= 11 is 6.19. The molecule has 0 amide bonds. The zero-order valence-corrected chi connectivity index (χ0v) is 18.9. The van der Waals surface area contributed by atoms with Gasteiger partial charge in [-0.15, -0.1) is 0 Å². The van der Waals surface area contributed by atoms with E-state index in [9.17, 15) is 0 Å². The summed E-state index contributed by atoms with van der Waals surface area (Å²) in [5.74, 6) is 1.62. The van der Waals surface area contributed by atoms with Crippen LogP contribution in [0.1, 0.15) is 18.2 Å². The molecule has 31 heavy (non-hydrogen) atoms. The summed E-state index contributed by atoms with van der Waals surface area (Å²) in [7, 11) is 0. The number of anilines is 2. The number of fused-ring (bicyclic) bond motifs is 1. The fourth-order valence-corrected chi connectivity index (χ4v) is 3.45. The molecule has 0 spiro atoms. The number of aromatic nitrogens is 1. The lowest BCUT2D eigenvalue weighted by Crippen LogP contribution is -3.00. The van der Waals surface area contributed by atoms with Gasteiger partial charge in [-0.25, -0.2) is 0 Å². The Balaban J connectivity index is 0.00000272. The third kappa shape index (κ3) is 5.60. The SMILES string of the molecule is CCOc1ccc2nc(C)cc(Nc3ccc(OCc4ccccc4Cl)cc3)c2c1.[Cl-]. The van der Waals surface area contributed by atoms with Crippen LogP contribution in [-0.4, -0.2) is 11.6 Å². The second kappa shape index (κ2) is 10.4. The third-order valence-electron chi connectivity index (χ3n) is 4.70. The first-order valence-corrected chi connectivity index (χ1v) is 10.3. The van der Waals surface area contributed by atoms with Gasteiger partial charge in [0.2, 0.25) is 0 Å². The van der Waals surface area contributed by atoms with Crippen molar-refractivity contribution >= 4 is 33.9 Å². The van der Waals surface area contributed by atoms with Gasteiger partial charge in [0, 0.05) is 33.0 Å². The number of halogens is 2. The van der Waals surface area contributed by atoms with Crippen molar-refractivity contribution in [3.05, 3.63) is 89.1 Å². The fraction of sp³-hybridized carbons (Fsp3) is 0.160. The fourth-order valence-electron chi connectivity index (χ4n) is 3.26. The lowest BCUT2D eigenvalue weighted by molar-refractivity contribution is -0.00000695. The molecule has 0 unspecified atom stereocenters. The van der Waals surface area contributed by atoms with Crippen LogP contribution in [0.4, 0.5) is 11.4 Å². The molecule has 6 heteroatoms. The number of pyridine rings is 1. The number of nitrogens with one attached hydrogen (secondary N) is 1. The van der Waals surface area contributed by atoms with Crippen molar-refractivity contribution in [2.45, 2.75) is 20.5 Å². The van der Waals surface area contributed by atoms with Gasteiger partial charge in [0.25, 0.3) is 0 Å². The Morgan fingerprint density at radius 2 is 1.65 bits per heavy atom. The summed E-state index contributed by atoms with van der Waals surface area (Å²) in [6.45, 7) is 5.03. The molecule has 0 aliphatic carbocycles. The van der Waals surface area contributed by atoms with E-state index in [1.807, 2.05) is 86.6 Å². The molecule has 1 aromatic heterocycles. The van der Waals surface area contributed by atoms with Crippen LogP contribution in [-0.2, 0) is 6.61 Å². The van der Waals surface area contributed by atoms with Crippen LogP contribution in [0.2, 0.25) is 5.02 Å². The highest BCUT2D eigenvalue weighted by Gasteiger charge is 2.07. The molecule has 4 nitrogen and oxygen atoms in total. The lowest BCUT2D eigenvalue weighted by Gasteiger charge is -2.13. The molecular formula is C25H23Cl2N2O2-. The molecule has 0 bridgehead atoms. The Bertz CT molecular complexity index is 1160. The first kappa shape index (κ1) is 22.7. The molecule has 0 aliphatic rings.